The van der Waals surface area contributed by atoms with Crippen LogP contribution in [-0.4, -0.2) is 23.9 Å². The minimum absolute atomic E-state index is 0.184. The van der Waals surface area contributed by atoms with Crippen LogP contribution in [0.1, 0.15) is 36.2 Å². The van der Waals surface area contributed by atoms with E-state index in [9.17, 15) is 4.79 Å². The standard InChI is InChI=1S/C15H21NO/c1-11-4-6-14(7-5-11)15(17)16-9-12(2)8-13(3)10-16/h4-7,12-13H,8-10H2,1-3H3. The molecule has 2 heteroatoms. The molecule has 1 aromatic carbocycles. The van der Waals surface area contributed by atoms with Crippen molar-refractivity contribution in [3.8, 4) is 0 Å². The van der Waals surface area contributed by atoms with E-state index in [0.717, 1.165) is 18.7 Å². The third-order valence-corrected chi connectivity index (χ3v) is 3.45. The third kappa shape index (κ3) is 2.87. The fourth-order valence-corrected chi connectivity index (χ4v) is 2.71. The van der Waals surface area contributed by atoms with Gasteiger partial charge in [0.25, 0.3) is 5.91 Å². The Balaban J connectivity index is 2.11. The van der Waals surface area contributed by atoms with E-state index in [1.807, 2.05) is 36.1 Å². The molecule has 0 aromatic heterocycles. The number of carbonyl (C=O) groups is 1. The quantitative estimate of drug-likeness (QED) is 0.727. The first kappa shape index (κ1) is 12.2. The molecule has 17 heavy (non-hydrogen) atoms. The van der Waals surface area contributed by atoms with Crippen molar-refractivity contribution in [3.63, 3.8) is 0 Å². The van der Waals surface area contributed by atoms with Crippen LogP contribution >= 0.6 is 0 Å². The normalized spacial score (nSPS) is 24.8. The van der Waals surface area contributed by atoms with E-state index in [4.69, 9.17) is 0 Å². The van der Waals surface area contributed by atoms with Gasteiger partial charge in [-0.05, 0) is 37.3 Å². The lowest BCUT2D eigenvalue weighted by atomic mass is 9.91. The Bertz CT molecular complexity index is 386. The van der Waals surface area contributed by atoms with Crippen molar-refractivity contribution >= 4 is 5.91 Å². The van der Waals surface area contributed by atoms with Gasteiger partial charge >= 0.3 is 0 Å². The van der Waals surface area contributed by atoms with E-state index in [1.54, 1.807) is 0 Å². The molecule has 1 aliphatic heterocycles. The minimum atomic E-state index is 0.184. The van der Waals surface area contributed by atoms with Crippen molar-refractivity contribution in [2.24, 2.45) is 11.8 Å². The van der Waals surface area contributed by atoms with Crippen molar-refractivity contribution in [3.05, 3.63) is 35.4 Å². The molecule has 1 aliphatic rings. The van der Waals surface area contributed by atoms with Crippen LogP contribution in [0.15, 0.2) is 24.3 Å². The van der Waals surface area contributed by atoms with Gasteiger partial charge in [-0.1, -0.05) is 31.5 Å². The molecule has 92 valence electrons. The van der Waals surface area contributed by atoms with E-state index in [1.165, 1.54) is 12.0 Å². The molecule has 2 rings (SSSR count). The number of benzene rings is 1. The Morgan fingerprint density at radius 3 is 2.18 bits per heavy atom. The summed E-state index contributed by atoms with van der Waals surface area (Å²) in [7, 11) is 0. The molecule has 0 radical (unpaired) electrons. The average Bonchev–Trinajstić information content (AvgIpc) is 2.28. The van der Waals surface area contributed by atoms with Crippen LogP contribution in [0.5, 0.6) is 0 Å². The molecule has 0 N–H and O–H groups in total. The van der Waals surface area contributed by atoms with Crippen LogP contribution in [0.25, 0.3) is 0 Å². The predicted octanol–water partition coefficient (Wildman–Crippen LogP) is 3.11. The minimum Gasteiger partial charge on any atom is -0.338 e. The van der Waals surface area contributed by atoms with Crippen LogP contribution < -0.4 is 0 Å². The molecular formula is C15H21NO. The monoisotopic (exact) mass is 231 g/mol. The topological polar surface area (TPSA) is 20.3 Å². The lowest BCUT2D eigenvalue weighted by molar-refractivity contribution is 0.0623. The summed E-state index contributed by atoms with van der Waals surface area (Å²) < 4.78 is 0. The van der Waals surface area contributed by atoms with Gasteiger partial charge in [-0.15, -0.1) is 0 Å². The highest BCUT2D eigenvalue weighted by atomic mass is 16.2. The number of hydrogen-bond donors (Lipinski definition) is 0. The van der Waals surface area contributed by atoms with E-state index in [2.05, 4.69) is 13.8 Å². The van der Waals surface area contributed by atoms with Gasteiger partial charge in [0.2, 0.25) is 0 Å². The van der Waals surface area contributed by atoms with Gasteiger partial charge in [-0.3, -0.25) is 4.79 Å². The van der Waals surface area contributed by atoms with Crippen LogP contribution in [0.2, 0.25) is 0 Å². The molecule has 0 aliphatic carbocycles. The molecule has 2 atom stereocenters. The fraction of sp³-hybridized carbons (Fsp3) is 0.533. The Morgan fingerprint density at radius 1 is 1.12 bits per heavy atom. The zero-order chi connectivity index (χ0) is 12.4. The molecule has 1 saturated heterocycles. The van der Waals surface area contributed by atoms with Gasteiger partial charge in [0.1, 0.15) is 0 Å². The smallest absolute Gasteiger partial charge is 0.253 e. The summed E-state index contributed by atoms with van der Waals surface area (Å²) in [5, 5.41) is 0. The van der Waals surface area contributed by atoms with Gasteiger partial charge < -0.3 is 4.90 Å². The highest BCUT2D eigenvalue weighted by Crippen LogP contribution is 2.22. The average molecular weight is 231 g/mol. The predicted molar refractivity (Wildman–Crippen MR) is 70.0 cm³/mol. The molecule has 1 fully saturated rings. The highest BCUT2D eigenvalue weighted by molar-refractivity contribution is 5.94. The number of carbonyl (C=O) groups excluding carboxylic acids is 1. The highest BCUT2D eigenvalue weighted by Gasteiger charge is 2.25. The summed E-state index contributed by atoms with van der Waals surface area (Å²) in [5.74, 6) is 1.42. The molecule has 2 nitrogen and oxygen atoms in total. The Morgan fingerprint density at radius 2 is 1.65 bits per heavy atom. The van der Waals surface area contributed by atoms with Crippen molar-refractivity contribution < 1.29 is 4.79 Å². The first-order valence-electron chi connectivity index (χ1n) is 6.42. The van der Waals surface area contributed by atoms with E-state index < -0.39 is 0 Å². The first-order valence-corrected chi connectivity index (χ1v) is 6.42. The van der Waals surface area contributed by atoms with Crippen LogP contribution in [0, 0.1) is 18.8 Å². The number of piperidine rings is 1. The van der Waals surface area contributed by atoms with Gasteiger partial charge in [-0.2, -0.15) is 0 Å². The van der Waals surface area contributed by atoms with Crippen molar-refractivity contribution in [1.82, 2.24) is 4.90 Å². The summed E-state index contributed by atoms with van der Waals surface area (Å²) in [5.41, 5.74) is 2.01. The zero-order valence-electron chi connectivity index (χ0n) is 10.9. The summed E-state index contributed by atoms with van der Waals surface area (Å²) in [6.45, 7) is 8.30. The molecule has 1 heterocycles. The fourth-order valence-electron chi connectivity index (χ4n) is 2.71. The lowest BCUT2D eigenvalue weighted by Gasteiger charge is -2.35. The van der Waals surface area contributed by atoms with E-state index >= 15 is 0 Å². The maximum Gasteiger partial charge on any atom is 0.253 e. The number of hydrogen-bond acceptors (Lipinski definition) is 1. The van der Waals surface area contributed by atoms with Gasteiger partial charge in [0.05, 0.1) is 0 Å². The van der Waals surface area contributed by atoms with Gasteiger partial charge in [0, 0.05) is 18.7 Å². The first-order chi connectivity index (χ1) is 8.06. The van der Waals surface area contributed by atoms with Gasteiger partial charge in [-0.25, -0.2) is 0 Å². The van der Waals surface area contributed by atoms with Crippen LogP contribution in [0.4, 0.5) is 0 Å². The lowest BCUT2D eigenvalue weighted by Crippen LogP contribution is -2.42. The number of nitrogens with zero attached hydrogens (tertiary/aromatic N) is 1. The number of amides is 1. The van der Waals surface area contributed by atoms with Crippen LogP contribution in [-0.2, 0) is 0 Å². The Hall–Kier alpha value is -1.31. The maximum atomic E-state index is 12.3. The van der Waals surface area contributed by atoms with Gasteiger partial charge in [0.15, 0.2) is 0 Å². The number of aryl methyl sites for hydroxylation is 1. The molecule has 2 unspecified atom stereocenters. The third-order valence-electron chi connectivity index (χ3n) is 3.45. The molecule has 1 amide bonds. The Labute approximate surface area is 104 Å². The van der Waals surface area contributed by atoms with Crippen molar-refractivity contribution in [2.75, 3.05) is 13.1 Å². The molecule has 0 spiro atoms. The second kappa shape index (κ2) is 4.91. The summed E-state index contributed by atoms with van der Waals surface area (Å²) in [6.07, 6.45) is 1.23. The van der Waals surface area contributed by atoms with Crippen LogP contribution in [0.3, 0.4) is 0 Å². The maximum absolute atomic E-state index is 12.3. The molecular weight excluding hydrogens is 210 g/mol. The zero-order valence-corrected chi connectivity index (χ0v) is 10.9. The Kier molecular flexibility index (Phi) is 3.51. The second-order valence-corrected chi connectivity index (χ2v) is 5.52. The molecule has 0 bridgehead atoms. The SMILES string of the molecule is Cc1ccc(C(=O)N2CC(C)CC(C)C2)cc1. The van der Waals surface area contributed by atoms with Crippen molar-refractivity contribution in [2.45, 2.75) is 27.2 Å². The van der Waals surface area contributed by atoms with E-state index in [0.29, 0.717) is 11.8 Å². The molecule has 1 aromatic rings. The molecule has 0 saturated carbocycles. The van der Waals surface area contributed by atoms with E-state index in [-0.39, 0.29) is 5.91 Å². The number of likely N-dealkylation sites (tertiary alicyclic amines) is 1. The largest absolute Gasteiger partial charge is 0.338 e. The number of rotatable bonds is 1. The van der Waals surface area contributed by atoms with Crippen molar-refractivity contribution in [1.29, 1.82) is 0 Å². The second-order valence-electron chi connectivity index (χ2n) is 5.52. The summed E-state index contributed by atoms with van der Waals surface area (Å²) in [6, 6.07) is 7.87. The summed E-state index contributed by atoms with van der Waals surface area (Å²) >= 11 is 0. The summed E-state index contributed by atoms with van der Waals surface area (Å²) in [4.78, 5) is 14.3.